The minimum absolute atomic E-state index is 0.167. The first kappa shape index (κ1) is 12.0. The van der Waals surface area contributed by atoms with Crippen LogP contribution in [0, 0.1) is 17.6 Å². The van der Waals surface area contributed by atoms with E-state index in [9.17, 15) is 8.78 Å². The van der Waals surface area contributed by atoms with Gasteiger partial charge in [0.15, 0.2) is 11.6 Å². The van der Waals surface area contributed by atoms with Crippen LogP contribution in [-0.2, 0) is 11.4 Å². The van der Waals surface area contributed by atoms with Crippen LogP contribution < -0.4 is 0 Å². The number of hydrogen-bond acceptors (Lipinski definition) is 2. The number of rotatable bonds is 4. The minimum Gasteiger partial charge on any atom is -0.391 e. The van der Waals surface area contributed by atoms with E-state index in [0.29, 0.717) is 11.5 Å². The van der Waals surface area contributed by atoms with E-state index in [2.05, 4.69) is 5.16 Å². The van der Waals surface area contributed by atoms with E-state index in [-0.39, 0.29) is 6.61 Å². The van der Waals surface area contributed by atoms with Gasteiger partial charge in [0.05, 0.1) is 0 Å². The van der Waals surface area contributed by atoms with Crippen molar-refractivity contribution in [3.63, 3.8) is 0 Å². The second-order valence-corrected chi connectivity index (χ2v) is 4.32. The van der Waals surface area contributed by atoms with Crippen molar-refractivity contribution in [2.45, 2.75) is 32.3 Å². The van der Waals surface area contributed by atoms with Gasteiger partial charge in [-0.3, -0.25) is 0 Å². The van der Waals surface area contributed by atoms with E-state index in [4.69, 9.17) is 4.84 Å². The highest BCUT2D eigenvalue weighted by molar-refractivity contribution is 5.60. The van der Waals surface area contributed by atoms with E-state index in [0.717, 1.165) is 25.0 Å². The average molecular weight is 239 g/mol. The van der Waals surface area contributed by atoms with E-state index in [1.165, 1.54) is 18.9 Å². The highest BCUT2D eigenvalue weighted by Crippen LogP contribution is 2.22. The van der Waals surface area contributed by atoms with Crippen molar-refractivity contribution < 1.29 is 13.6 Å². The molecule has 0 heterocycles. The summed E-state index contributed by atoms with van der Waals surface area (Å²) in [6.45, 7) is 0.167. The molecule has 0 amide bonds. The number of hydrogen-bond donors (Lipinski definition) is 0. The molecule has 0 saturated heterocycles. The van der Waals surface area contributed by atoms with Crippen LogP contribution in [0.1, 0.15) is 31.2 Å². The van der Waals surface area contributed by atoms with Gasteiger partial charge in [-0.15, -0.1) is 0 Å². The third-order valence-corrected chi connectivity index (χ3v) is 2.96. The molecular formula is C13H15F2NO. The van der Waals surface area contributed by atoms with Gasteiger partial charge >= 0.3 is 0 Å². The van der Waals surface area contributed by atoms with Crippen LogP contribution in [0.2, 0.25) is 0 Å². The summed E-state index contributed by atoms with van der Waals surface area (Å²) in [7, 11) is 0. The first-order valence-electron chi connectivity index (χ1n) is 5.85. The van der Waals surface area contributed by atoms with E-state index in [1.807, 2.05) is 6.21 Å². The third kappa shape index (κ3) is 3.51. The topological polar surface area (TPSA) is 21.6 Å². The predicted molar refractivity (Wildman–Crippen MR) is 61.6 cm³/mol. The summed E-state index contributed by atoms with van der Waals surface area (Å²) in [5, 5.41) is 3.86. The fraction of sp³-hybridized carbons (Fsp3) is 0.462. The zero-order chi connectivity index (χ0) is 12.1. The molecule has 0 unspecified atom stereocenters. The lowest BCUT2D eigenvalue weighted by molar-refractivity contribution is 0.130. The van der Waals surface area contributed by atoms with Gasteiger partial charge in [-0.2, -0.15) is 0 Å². The van der Waals surface area contributed by atoms with Crippen LogP contribution in [0.25, 0.3) is 0 Å². The summed E-state index contributed by atoms with van der Waals surface area (Å²) in [6.07, 6.45) is 6.64. The quantitative estimate of drug-likeness (QED) is 0.580. The monoisotopic (exact) mass is 239 g/mol. The molecule has 0 bridgehead atoms. The molecule has 1 saturated carbocycles. The summed E-state index contributed by atoms with van der Waals surface area (Å²) in [6, 6.07) is 3.71. The Morgan fingerprint density at radius 2 is 2.00 bits per heavy atom. The molecule has 92 valence electrons. The molecule has 0 radical (unpaired) electrons. The summed E-state index contributed by atoms with van der Waals surface area (Å²) in [5.74, 6) is -1.19. The zero-order valence-corrected chi connectivity index (χ0v) is 9.53. The lowest BCUT2D eigenvalue weighted by Crippen LogP contribution is -1.96. The highest BCUT2D eigenvalue weighted by Gasteiger charge is 2.12. The van der Waals surface area contributed by atoms with Gasteiger partial charge in [0.25, 0.3) is 0 Å². The molecule has 1 aliphatic carbocycles. The fourth-order valence-electron chi connectivity index (χ4n) is 1.98. The van der Waals surface area contributed by atoms with Gasteiger partial charge < -0.3 is 4.84 Å². The molecule has 0 spiro atoms. The fourth-order valence-corrected chi connectivity index (χ4v) is 1.98. The van der Waals surface area contributed by atoms with Gasteiger partial charge in [0, 0.05) is 6.21 Å². The summed E-state index contributed by atoms with van der Waals surface area (Å²) < 4.78 is 25.5. The molecule has 0 atom stereocenters. The molecule has 2 nitrogen and oxygen atoms in total. The Hall–Kier alpha value is -1.45. The first-order chi connectivity index (χ1) is 8.25. The standard InChI is InChI=1S/C13H15F2NO/c14-12-6-5-11(7-13(12)15)9-17-16-8-10-3-1-2-4-10/h5-8,10H,1-4,9H2. The predicted octanol–water partition coefficient (Wildman–Crippen LogP) is 3.66. The molecule has 4 heteroatoms. The molecule has 1 aromatic rings. The number of benzene rings is 1. The zero-order valence-electron chi connectivity index (χ0n) is 9.53. The van der Waals surface area contributed by atoms with Crippen molar-refractivity contribution >= 4 is 6.21 Å². The van der Waals surface area contributed by atoms with Crippen molar-refractivity contribution in [1.29, 1.82) is 0 Å². The molecule has 0 N–H and O–H groups in total. The summed E-state index contributed by atoms with van der Waals surface area (Å²) >= 11 is 0. The van der Waals surface area contributed by atoms with Gasteiger partial charge in [0.1, 0.15) is 6.61 Å². The van der Waals surface area contributed by atoms with Crippen LogP contribution in [0.5, 0.6) is 0 Å². The van der Waals surface area contributed by atoms with Gasteiger partial charge in [-0.1, -0.05) is 24.1 Å². The molecule has 0 aromatic heterocycles. The maximum absolute atomic E-state index is 12.9. The Morgan fingerprint density at radius 3 is 2.71 bits per heavy atom. The van der Waals surface area contributed by atoms with Gasteiger partial charge in [-0.05, 0) is 36.5 Å². The van der Waals surface area contributed by atoms with E-state index < -0.39 is 11.6 Å². The third-order valence-electron chi connectivity index (χ3n) is 2.96. The van der Waals surface area contributed by atoms with Crippen molar-refractivity contribution in [1.82, 2.24) is 0 Å². The van der Waals surface area contributed by atoms with Crippen LogP contribution in [0.4, 0.5) is 8.78 Å². The lowest BCUT2D eigenvalue weighted by atomic mass is 10.1. The highest BCUT2D eigenvalue weighted by atomic mass is 19.2. The average Bonchev–Trinajstić information content (AvgIpc) is 2.82. The maximum atomic E-state index is 12.9. The molecule has 2 rings (SSSR count). The molecule has 1 aliphatic rings. The summed E-state index contributed by atoms with van der Waals surface area (Å²) in [5.41, 5.74) is 0.576. The van der Waals surface area contributed by atoms with E-state index in [1.54, 1.807) is 0 Å². The summed E-state index contributed by atoms with van der Waals surface area (Å²) in [4.78, 5) is 5.06. The largest absolute Gasteiger partial charge is 0.391 e. The molecule has 17 heavy (non-hydrogen) atoms. The Labute approximate surface area is 99.3 Å². The maximum Gasteiger partial charge on any atom is 0.159 e. The smallest absolute Gasteiger partial charge is 0.159 e. The lowest BCUT2D eigenvalue weighted by Gasteiger charge is -2.02. The Morgan fingerprint density at radius 1 is 1.24 bits per heavy atom. The molecular weight excluding hydrogens is 224 g/mol. The SMILES string of the molecule is Fc1ccc(CON=CC2CCCC2)cc1F. The van der Waals surface area contributed by atoms with Crippen LogP contribution in [0.3, 0.4) is 0 Å². The van der Waals surface area contributed by atoms with Crippen LogP contribution in [-0.4, -0.2) is 6.21 Å². The van der Waals surface area contributed by atoms with Gasteiger partial charge in [0.2, 0.25) is 0 Å². The Kier molecular flexibility index (Phi) is 4.07. The Bertz CT molecular complexity index is 400. The normalized spacial score (nSPS) is 16.8. The second-order valence-electron chi connectivity index (χ2n) is 4.32. The minimum atomic E-state index is -0.856. The second kappa shape index (κ2) is 5.75. The number of oxime groups is 1. The Balaban J connectivity index is 1.79. The van der Waals surface area contributed by atoms with E-state index >= 15 is 0 Å². The van der Waals surface area contributed by atoms with Crippen molar-refractivity contribution in [3.8, 4) is 0 Å². The van der Waals surface area contributed by atoms with Crippen LogP contribution >= 0.6 is 0 Å². The molecule has 1 aromatic carbocycles. The molecule has 1 fully saturated rings. The van der Waals surface area contributed by atoms with Crippen molar-refractivity contribution in [2.75, 3.05) is 0 Å². The van der Waals surface area contributed by atoms with Crippen molar-refractivity contribution in [2.24, 2.45) is 11.1 Å². The molecule has 0 aliphatic heterocycles. The first-order valence-corrected chi connectivity index (χ1v) is 5.85. The van der Waals surface area contributed by atoms with Crippen LogP contribution in [0.15, 0.2) is 23.4 Å². The number of halogens is 2. The number of nitrogens with zero attached hydrogens (tertiary/aromatic N) is 1. The van der Waals surface area contributed by atoms with Crippen molar-refractivity contribution in [3.05, 3.63) is 35.4 Å². The van der Waals surface area contributed by atoms with Gasteiger partial charge in [-0.25, -0.2) is 8.78 Å².